The van der Waals surface area contributed by atoms with E-state index in [4.69, 9.17) is 4.74 Å². The molecule has 0 aromatic heterocycles. The molecule has 51 valence electrons. The molecule has 0 aromatic carbocycles. The van der Waals surface area contributed by atoms with Crippen molar-refractivity contribution in [3.8, 4) is 0 Å². The van der Waals surface area contributed by atoms with E-state index >= 15 is 0 Å². The van der Waals surface area contributed by atoms with Gasteiger partial charge in [-0.2, -0.15) is 0 Å². The van der Waals surface area contributed by atoms with Crippen LogP contribution < -0.4 is 0 Å². The van der Waals surface area contributed by atoms with Gasteiger partial charge in [0.1, 0.15) is 0 Å². The Morgan fingerprint density at radius 3 is 3.00 bits per heavy atom. The largest absolute Gasteiger partial charge is 0.369 e. The Labute approximate surface area is 56.4 Å². The summed E-state index contributed by atoms with van der Waals surface area (Å²) in [7, 11) is 0. The first kappa shape index (κ1) is 5.72. The van der Waals surface area contributed by atoms with Crippen LogP contribution in [0.25, 0.3) is 0 Å². The summed E-state index contributed by atoms with van der Waals surface area (Å²) in [4.78, 5) is 0. The molecule has 1 radical (unpaired) electrons. The van der Waals surface area contributed by atoms with Gasteiger partial charge in [0.15, 0.2) is 0 Å². The molecule has 3 atom stereocenters. The fraction of sp³-hybridized carbons (Fsp3) is 0.875. The van der Waals surface area contributed by atoms with Gasteiger partial charge in [-0.3, -0.25) is 0 Å². The third-order valence-corrected chi connectivity index (χ3v) is 2.52. The minimum Gasteiger partial charge on any atom is -0.369 e. The van der Waals surface area contributed by atoms with Crippen LogP contribution in [0.15, 0.2) is 0 Å². The van der Waals surface area contributed by atoms with Crippen molar-refractivity contribution in [1.29, 1.82) is 0 Å². The highest BCUT2D eigenvalue weighted by Crippen LogP contribution is 2.41. The SMILES string of the molecule is [CH2]CC1CCCC2OC12. The lowest BCUT2D eigenvalue weighted by molar-refractivity contribution is 0.322. The number of hydrogen-bond donors (Lipinski definition) is 0. The van der Waals surface area contributed by atoms with E-state index in [-0.39, 0.29) is 0 Å². The fourth-order valence-corrected chi connectivity index (χ4v) is 1.86. The normalized spacial score (nSPS) is 48.3. The van der Waals surface area contributed by atoms with Crippen molar-refractivity contribution in [2.45, 2.75) is 37.9 Å². The van der Waals surface area contributed by atoms with Gasteiger partial charge in [0, 0.05) is 0 Å². The van der Waals surface area contributed by atoms with Crippen LogP contribution in [0.3, 0.4) is 0 Å². The van der Waals surface area contributed by atoms with Crippen molar-refractivity contribution in [2.24, 2.45) is 5.92 Å². The van der Waals surface area contributed by atoms with Crippen LogP contribution in [-0.2, 0) is 4.74 Å². The summed E-state index contributed by atoms with van der Waals surface area (Å²) < 4.78 is 5.44. The predicted octanol–water partition coefficient (Wildman–Crippen LogP) is 1.78. The van der Waals surface area contributed by atoms with Gasteiger partial charge in [0.2, 0.25) is 0 Å². The van der Waals surface area contributed by atoms with Gasteiger partial charge in [0.05, 0.1) is 12.2 Å². The van der Waals surface area contributed by atoms with Crippen LogP contribution in [0, 0.1) is 12.8 Å². The number of hydrogen-bond acceptors (Lipinski definition) is 1. The molecule has 2 fully saturated rings. The first-order valence-electron chi connectivity index (χ1n) is 3.86. The van der Waals surface area contributed by atoms with E-state index in [9.17, 15) is 0 Å². The molecule has 1 saturated heterocycles. The molecule has 1 heterocycles. The standard InChI is InChI=1S/C8H13O/c1-2-6-4-3-5-7-8(6)9-7/h6-8H,1-5H2. The zero-order valence-electron chi connectivity index (χ0n) is 5.68. The molecular formula is C8H13O. The van der Waals surface area contributed by atoms with E-state index in [2.05, 4.69) is 6.92 Å². The molecule has 0 bridgehead atoms. The third kappa shape index (κ3) is 0.877. The van der Waals surface area contributed by atoms with Crippen LogP contribution in [0.5, 0.6) is 0 Å². The maximum absolute atomic E-state index is 5.44. The lowest BCUT2D eigenvalue weighted by Gasteiger charge is -2.14. The summed E-state index contributed by atoms with van der Waals surface area (Å²) >= 11 is 0. The molecule has 0 aromatic rings. The third-order valence-electron chi connectivity index (χ3n) is 2.52. The van der Waals surface area contributed by atoms with E-state index in [1.165, 1.54) is 19.3 Å². The van der Waals surface area contributed by atoms with Crippen LogP contribution in [0.4, 0.5) is 0 Å². The Kier molecular flexibility index (Phi) is 1.26. The van der Waals surface area contributed by atoms with Crippen LogP contribution in [0.2, 0.25) is 0 Å². The minimum absolute atomic E-state index is 0.622. The number of rotatable bonds is 1. The quantitative estimate of drug-likeness (QED) is 0.487. The summed E-state index contributed by atoms with van der Waals surface area (Å²) in [6, 6.07) is 0. The molecule has 1 aliphatic carbocycles. The van der Waals surface area contributed by atoms with Crippen molar-refractivity contribution in [1.82, 2.24) is 0 Å². The molecule has 2 rings (SSSR count). The molecule has 9 heavy (non-hydrogen) atoms. The van der Waals surface area contributed by atoms with Crippen LogP contribution in [-0.4, -0.2) is 12.2 Å². The summed E-state index contributed by atoms with van der Waals surface area (Å²) in [6.07, 6.45) is 6.36. The van der Waals surface area contributed by atoms with Gasteiger partial charge in [-0.05, 0) is 25.2 Å². The van der Waals surface area contributed by atoms with Crippen molar-refractivity contribution in [3.63, 3.8) is 0 Å². The molecule has 0 spiro atoms. The maximum atomic E-state index is 5.44. The first-order valence-corrected chi connectivity index (χ1v) is 3.86. The summed E-state index contributed by atoms with van der Waals surface area (Å²) in [5.74, 6) is 0.795. The van der Waals surface area contributed by atoms with Gasteiger partial charge >= 0.3 is 0 Å². The number of fused-ring (bicyclic) bond motifs is 1. The average Bonchev–Trinajstić information content (AvgIpc) is 2.64. The van der Waals surface area contributed by atoms with Crippen LogP contribution in [0.1, 0.15) is 25.7 Å². The van der Waals surface area contributed by atoms with Crippen molar-refractivity contribution in [2.75, 3.05) is 0 Å². The molecular weight excluding hydrogens is 112 g/mol. The Bertz CT molecular complexity index is 111. The monoisotopic (exact) mass is 125 g/mol. The minimum atomic E-state index is 0.622. The average molecular weight is 125 g/mol. The Balaban J connectivity index is 1.93. The van der Waals surface area contributed by atoms with Crippen molar-refractivity contribution in [3.05, 3.63) is 6.92 Å². The van der Waals surface area contributed by atoms with E-state index < -0.39 is 0 Å². The van der Waals surface area contributed by atoms with Gasteiger partial charge in [-0.25, -0.2) is 0 Å². The Morgan fingerprint density at radius 2 is 2.33 bits per heavy atom. The smallest absolute Gasteiger partial charge is 0.0869 e. The Hall–Kier alpha value is -0.0400. The highest BCUT2D eigenvalue weighted by molar-refractivity contribution is 4.94. The second-order valence-corrected chi connectivity index (χ2v) is 3.12. The Morgan fingerprint density at radius 1 is 1.44 bits per heavy atom. The summed E-state index contributed by atoms with van der Waals surface area (Å²) in [5.41, 5.74) is 0. The van der Waals surface area contributed by atoms with Gasteiger partial charge < -0.3 is 4.74 Å². The highest BCUT2D eigenvalue weighted by Gasteiger charge is 2.45. The molecule has 1 nitrogen and oxygen atoms in total. The van der Waals surface area contributed by atoms with Crippen molar-refractivity contribution >= 4 is 0 Å². The van der Waals surface area contributed by atoms with Crippen LogP contribution >= 0.6 is 0 Å². The molecule has 1 aliphatic heterocycles. The van der Waals surface area contributed by atoms with E-state index in [1.807, 2.05) is 0 Å². The highest BCUT2D eigenvalue weighted by atomic mass is 16.6. The molecule has 0 amide bonds. The molecule has 0 N–H and O–H groups in total. The summed E-state index contributed by atoms with van der Waals surface area (Å²) in [5, 5.41) is 0. The number of epoxide rings is 1. The van der Waals surface area contributed by atoms with Crippen molar-refractivity contribution < 1.29 is 4.74 Å². The molecule has 3 unspecified atom stereocenters. The van der Waals surface area contributed by atoms with Gasteiger partial charge in [-0.1, -0.05) is 13.3 Å². The summed E-state index contributed by atoms with van der Waals surface area (Å²) in [6.45, 7) is 3.91. The fourth-order valence-electron chi connectivity index (χ4n) is 1.86. The predicted molar refractivity (Wildman–Crippen MR) is 36.0 cm³/mol. The van der Waals surface area contributed by atoms with Gasteiger partial charge in [-0.15, -0.1) is 0 Å². The number of ether oxygens (including phenoxy) is 1. The van der Waals surface area contributed by atoms with Gasteiger partial charge in [0.25, 0.3) is 0 Å². The second kappa shape index (κ2) is 1.98. The van der Waals surface area contributed by atoms with E-state index in [0.717, 1.165) is 12.3 Å². The van der Waals surface area contributed by atoms with E-state index in [1.54, 1.807) is 0 Å². The molecule has 2 aliphatic rings. The maximum Gasteiger partial charge on any atom is 0.0869 e. The first-order chi connectivity index (χ1) is 4.42. The topological polar surface area (TPSA) is 12.5 Å². The lowest BCUT2D eigenvalue weighted by atomic mass is 9.88. The zero-order valence-corrected chi connectivity index (χ0v) is 5.68. The van der Waals surface area contributed by atoms with E-state index in [0.29, 0.717) is 12.2 Å². The lowest BCUT2D eigenvalue weighted by Crippen LogP contribution is -2.14. The molecule has 1 heteroatoms. The molecule has 1 saturated carbocycles. The zero-order chi connectivity index (χ0) is 6.27. The second-order valence-electron chi connectivity index (χ2n) is 3.12.